The van der Waals surface area contributed by atoms with Crippen LogP contribution in [0.3, 0.4) is 0 Å². The Morgan fingerprint density at radius 3 is 2.46 bits per heavy atom. The van der Waals surface area contributed by atoms with Crippen LogP contribution in [-0.4, -0.2) is 40.9 Å². The summed E-state index contributed by atoms with van der Waals surface area (Å²) in [6, 6.07) is 15.9. The van der Waals surface area contributed by atoms with Gasteiger partial charge in [0.25, 0.3) is 0 Å². The molecule has 3 aromatic rings. The molecule has 0 radical (unpaired) electrons. The van der Waals surface area contributed by atoms with Crippen LogP contribution in [0.25, 0.3) is 11.3 Å². The van der Waals surface area contributed by atoms with E-state index in [-0.39, 0.29) is 5.91 Å². The van der Waals surface area contributed by atoms with Gasteiger partial charge in [0.05, 0.1) is 15.7 Å². The van der Waals surface area contributed by atoms with Gasteiger partial charge in [-0.1, -0.05) is 86.8 Å². The van der Waals surface area contributed by atoms with Crippen LogP contribution < -0.4 is 4.90 Å². The maximum absolute atomic E-state index is 12.8. The third-order valence-electron chi connectivity index (χ3n) is 5.96. The summed E-state index contributed by atoms with van der Waals surface area (Å²) in [6.45, 7) is 8.52. The number of aromatic nitrogens is 2. The molecule has 0 saturated heterocycles. The molecule has 0 unspecified atom stereocenters. The molecular weight excluding hydrogens is 479 g/mol. The van der Waals surface area contributed by atoms with Crippen molar-refractivity contribution in [3.63, 3.8) is 0 Å². The second-order valence-corrected chi connectivity index (χ2v) is 10.3. The average molecular weight is 516 g/mol. The molecule has 0 aliphatic rings. The lowest BCUT2D eigenvalue weighted by Crippen LogP contribution is -2.33. The van der Waals surface area contributed by atoms with E-state index < -0.39 is 0 Å². The number of imidazole rings is 1. The van der Waals surface area contributed by atoms with E-state index in [1.165, 1.54) is 0 Å². The summed E-state index contributed by atoms with van der Waals surface area (Å²) < 4.78 is 0. The molecule has 0 atom stereocenters. The molecule has 0 aliphatic carbocycles. The van der Waals surface area contributed by atoms with Crippen molar-refractivity contribution in [1.82, 2.24) is 14.9 Å². The van der Waals surface area contributed by atoms with E-state index in [1.807, 2.05) is 42.3 Å². The van der Waals surface area contributed by atoms with Crippen LogP contribution in [0.4, 0.5) is 5.95 Å². The number of rotatable bonds is 12. The molecule has 0 bridgehead atoms. The maximum atomic E-state index is 12.8. The number of carbonyl (C=O) groups is 1. The Hall–Kier alpha value is -2.50. The number of halogens is 2. The highest BCUT2D eigenvalue weighted by atomic mass is 35.5. The van der Waals surface area contributed by atoms with Crippen LogP contribution in [-0.2, 0) is 17.8 Å². The van der Waals surface area contributed by atoms with Gasteiger partial charge in [0, 0.05) is 44.4 Å². The number of carbonyl (C=O) groups excluding carboxylic acids is 1. The van der Waals surface area contributed by atoms with Gasteiger partial charge in [-0.3, -0.25) is 4.79 Å². The molecule has 7 heteroatoms. The lowest BCUT2D eigenvalue weighted by molar-refractivity contribution is -0.129. The number of nitrogens with one attached hydrogen (secondary N) is 1. The monoisotopic (exact) mass is 514 g/mol. The topological polar surface area (TPSA) is 52.2 Å². The molecular formula is C28H36Cl2N4O. The average Bonchev–Trinajstić information content (AvgIpc) is 3.25. The molecule has 0 aliphatic heterocycles. The van der Waals surface area contributed by atoms with Gasteiger partial charge < -0.3 is 14.8 Å². The highest BCUT2D eigenvalue weighted by molar-refractivity contribution is 6.42. The van der Waals surface area contributed by atoms with Crippen molar-refractivity contribution in [2.75, 3.05) is 25.0 Å². The Morgan fingerprint density at radius 2 is 1.80 bits per heavy atom. The standard InChI is InChI=1S/C28H36Cl2N4O/c1-5-6-15-33(4)26(35)14-16-34(19-21-10-8-7-9-11-21)28-31-25(17-20(2)3)27(32-28)22-12-13-23(29)24(30)18-22/h7-13,18,20H,5-6,14-17,19H2,1-4H3,(H,31,32). The maximum Gasteiger partial charge on any atom is 0.224 e. The van der Waals surface area contributed by atoms with Crippen molar-refractivity contribution in [2.24, 2.45) is 5.92 Å². The quantitative estimate of drug-likeness (QED) is 0.277. The van der Waals surface area contributed by atoms with Crippen molar-refractivity contribution in [2.45, 2.75) is 53.0 Å². The summed E-state index contributed by atoms with van der Waals surface area (Å²) in [5, 5.41) is 1.03. The Balaban J connectivity index is 1.92. The van der Waals surface area contributed by atoms with Crippen LogP contribution >= 0.6 is 23.2 Å². The SMILES string of the molecule is CCCCN(C)C(=O)CCN(Cc1ccccc1)c1nc(-c2ccc(Cl)c(Cl)c2)c(CC(C)C)[nH]1. The van der Waals surface area contributed by atoms with Gasteiger partial charge in [-0.15, -0.1) is 0 Å². The van der Waals surface area contributed by atoms with Crippen molar-refractivity contribution in [1.29, 1.82) is 0 Å². The van der Waals surface area contributed by atoms with Gasteiger partial charge in [0.2, 0.25) is 11.9 Å². The Labute approximate surface area is 219 Å². The number of H-pyrrole nitrogens is 1. The molecule has 35 heavy (non-hydrogen) atoms. The minimum absolute atomic E-state index is 0.148. The van der Waals surface area contributed by atoms with Crippen molar-refractivity contribution in [3.8, 4) is 11.3 Å². The summed E-state index contributed by atoms with van der Waals surface area (Å²) in [4.78, 5) is 25.4. The first-order valence-corrected chi connectivity index (χ1v) is 13.1. The van der Waals surface area contributed by atoms with E-state index in [0.29, 0.717) is 35.5 Å². The van der Waals surface area contributed by atoms with Crippen molar-refractivity contribution in [3.05, 3.63) is 69.8 Å². The predicted molar refractivity (Wildman–Crippen MR) is 147 cm³/mol. The predicted octanol–water partition coefficient (Wildman–Crippen LogP) is 7.24. The first-order chi connectivity index (χ1) is 16.8. The van der Waals surface area contributed by atoms with E-state index in [1.54, 1.807) is 6.07 Å². The zero-order valence-electron chi connectivity index (χ0n) is 21.2. The fourth-order valence-electron chi connectivity index (χ4n) is 3.99. The zero-order chi connectivity index (χ0) is 25.4. The van der Waals surface area contributed by atoms with E-state index in [0.717, 1.165) is 54.3 Å². The second kappa shape index (κ2) is 13.0. The molecule has 188 valence electrons. The Kier molecular flexibility index (Phi) is 10.1. The zero-order valence-corrected chi connectivity index (χ0v) is 22.7. The second-order valence-electron chi connectivity index (χ2n) is 9.44. The van der Waals surface area contributed by atoms with E-state index in [4.69, 9.17) is 28.2 Å². The lowest BCUT2D eigenvalue weighted by atomic mass is 10.0. The normalized spacial score (nSPS) is 11.2. The molecule has 0 fully saturated rings. The van der Waals surface area contributed by atoms with Gasteiger partial charge in [0.1, 0.15) is 0 Å². The molecule has 5 nitrogen and oxygen atoms in total. The highest BCUT2D eigenvalue weighted by Crippen LogP contribution is 2.32. The third kappa shape index (κ3) is 7.74. The number of unbranched alkanes of at least 4 members (excludes halogenated alkanes) is 1. The number of anilines is 1. The van der Waals surface area contributed by atoms with Gasteiger partial charge in [0.15, 0.2) is 0 Å². The smallest absolute Gasteiger partial charge is 0.224 e. The number of aromatic amines is 1. The van der Waals surface area contributed by atoms with Gasteiger partial charge in [-0.2, -0.15) is 0 Å². The molecule has 3 rings (SSSR count). The summed E-state index contributed by atoms with van der Waals surface area (Å²) in [7, 11) is 1.88. The fourth-order valence-corrected chi connectivity index (χ4v) is 4.29. The van der Waals surface area contributed by atoms with Crippen LogP contribution in [0.5, 0.6) is 0 Å². The molecule has 0 saturated carbocycles. The third-order valence-corrected chi connectivity index (χ3v) is 6.69. The van der Waals surface area contributed by atoms with E-state index in [2.05, 4.69) is 42.8 Å². The largest absolute Gasteiger partial charge is 0.346 e. The Bertz CT molecular complexity index is 1100. The summed E-state index contributed by atoms with van der Waals surface area (Å²) in [6.07, 6.45) is 3.36. The summed E-state index contributed by atoms with van der Waals surface area (Å²) >= 11 is 12.5. The van der Waals surface area contributed by atoms with E-state index in [9.17, 15) is 4.79 Å². The molecule has 1 heterocycles. The molecule has 1 N–H and O–H groups in total. The van der Waals surface area contributed by atoms with Gasteiger partial charge in [-0.25, -0.2) is 4.98 Å². The summed E-state index contributed by atoms with van der Waals surface area (Å²) in [5.74, 6) is 1.35. The van der Waals surface area contributed by atoms with Crippen LogP contribution in [0, 0.1) is 5.92 Å². The minimum Gasteiger partial charge on any atom is -0.346 e. The van der Waals surface area contributed by atoms with Crippen molar-refractivity contribution >= 4 is 35.1 Å². The minimum atomic E-state index is 0.148. The molecule has 1 aromatic heterocycles. The number of benzene rings is 2. The Morgan fingerprint density at radius 1 is 1.06 bits per heavy atom. The van der Waals surface area contributed by atoms with Crippen LogP contribution in [0.2, 0.25) is 10.0 Å². The number of hydrogen-bond acceptors (Lipinski definition) is 3. The number of amides is 1. The van der Waals surface area contributed by atoms with E-state index >= 15 is 0 Å². The molecule has 2 aromatic carbocycles. The summed E-state index contributed by atoms with van der Waals surface area (Å²) in [5.41, 5.74) is 4.01. The fraction of sp³-hybridized carbons (Fsp3) is 0.429. The van der Waals surface area contributed by atoms with Crippen molar-refractivity contribution < 1.29 is 4.79 Å². The first-order valence-electron chi connectivity index (χ1n) is 12.4. The lowest BCUT2D eigenvalue weighted by Gasteiger charge is -2.24. The van der Waals surface area contributed by atoms with Gasteiger partial charge in [-0.05, 0) is 36.5 Å². The molecule has 0 spiro atoms. The molecule has 1 amide bonds. The van der Waals surface area contributed by atoms with Gasteiger partial charge >= 0.3 is 0 Å². The van der Waals surface area contributed by atoms with Crippen LogP contribution in [0.1, 0.15) is 51.3 Å². The highest BCUT2D eigenvalue weighted by Gasteiger charge is 2.20. The number of hydrogen-bond donors (Lipinski definition) is 1. The first kappa shape index (κ1) is 27.1. The number of nitrogens with zero attached hydrogens (tertiary/aromatic N) is 3. The van der Waals surface area contributed by atoms with Crippen LogP contribution in [0.15, 0.2) is 48.5 Å².